The van der Waals surface area contributed by atoms with Crippen molar-refractivity contribution in [3.63, 3.8) is 0 Å². The minimum Gasteiger partial charge on any atom is -0.493 e. The van der Waals surface area contributed by atoms with Crippen LogP contribution in [0.2, 0.25) is 5.02 Å². The normalized spacial score (nSPS) is 11.7. The van der Waals surface area contributed by atoms with Crippen molar-refractivity contribution in [2.45, 2.75) is 26.8 Å². The van der Waals surface area contributed by atoms with Crippen molar-refractivity contribution in [3.05, 3.63) is 35.4 Å². The third-order valence-corrected chi connectivity index (χ3v) is 4.37. The molecule has 0 radical (unpaired) electrons. The summed E-state index contributed by atoms with van der Waals surface area (Å²) in [6.07, 6.45) is 0. The predicted octanol–water partition coefficient (Wildman–Crippen LogP) is 4.83. The monoisotopic (exact) mass is 463 g/mol. The molecule has 1 N–H and O–H groups in total. The first-order chi connectivity index (χ1) is 15.3. The number of benzene rings is 2. The van der Waals surface area contributed by atoms with Crippen LogP contribution >= 0.6 is 11.6 Å². The van der Waals surface area contributed by atoms with E-state index in [1.807, 2.05) is 6.92 Å². The molecule has 2 rings (SSSR count). The van der Waals surface area contributed by atoms with E-state index in [1.165, 1.54) is 27.2 Å². The Balaban J connectivity index is 2.32. The minimum atomic E-state index is -1.38. The van der Waals surface area contributed by atoms with Crippen LogP contribution in [-0.2, 0) is 9.59 Å². The lowest BCUT2D eigenvalue weighted by Crippen LogP contribution is -2.32. The van der Waals surface area contributed by atoms with E-state index >= 15 is 0 Å². The molecule has 0 saturated carbocycles. The van der Waals surface area contributed by atoms with E-state index in [9.17, 15) is 9.59 Å². The van der Waals surface area contributed by atoms with Crippen molar-refractivity contribution in [3.8, 4) is 23.0 Å². The van der Waals surface area contributed by atoms with Crippen LogP contribution in [0, 0.1) is 0 Å². The van der Waals surface area contributed by atoms with Crippen LogP contribution in [0.25, 0.3) is 0 Å². The topological polar surface area (TPSA) is 108 Å². The minimum absolute atomic E-state index is 0.264. The van der Waals surface area contributed by atoms with Gasteiger partial charge in [-0.3, -0.25) is 9.59 Å². The second-order valence-corrected chi connectivity index (χ2v) is 6.84. The Kier molecular flexibility index (Phi) is 9.27. The molecule has 10 heteroatoms. The van der Waals surface area contributed by atoms with Gasteiger partial charge in [-0.25, -0.2) is 0 Å². The lowest BCUT2D eigenvalue weighted by atomic mass is 10.2. The number of halogens is 1. The molecule has 2 aromatic carbocycles. The first kappa shape index (κ1) is 24.9. The zero-order valence-corrected chi connectivity index (χ0v) is 19.4. The van der Waals surface area contributed by atoms with Gasteiger partial charge >= 0.3 is 0 Å². The highest BCUT2D eigenvalue weighted by Gasteiger charge is 2.25. The van der Waals surface area contributed by atoms with Gasteiger partial charge in [0.1, 0.15) is 0 Å². The van der Waals surface area contributed by atoms with Gasteiger partial charge in [0.2, 0.25) is 6.04 Å². The number of hydrogen-bond donors (Lipinski definition) is 1. The summed E-state index contributed by atoms with van der Waals surface area (Å²) in [5.74, 6) is 0.470. The van der Waals surface area contributed by atoms with Gasteiger partial charge in [0.05, 0.1) is 38.8 Å². The van der Waals surface area contributed by atoms with Crippen molar-refractivity contribution < 1.29 is 28.5 Å². The highest BCUT2D eigenvalue weighted by molar-refractivity contribution is 6.31. The molecular weight excluding hydrogens is 438 g/mol. The highest BCUT2D eigenvalue weighted by Crippen LogP contribution is 2.39. The van der Waals surface area contributed by atoms with Crippen LogP contribution in [0.15, 0.2) is 40.6 Å². The zero-order valence-electron chi connectivity index (χ0n) is 18.6. The lowest BCUT2D eigenvalue weighted by Gasteiger charge is -2.17. The van der Waals surface area contributed by atoms with Gasteiger partial charge < -0.3 is 24.3 Å². The van der Waals surface area contributed by atoms with Gasteiger partial charge in [-0.2, -0.15) is 10.2 Å². The number of amides is 1. The molecule has 0 aromatic heterocycles. The molecule has 1 amide bonds. The first-order valence-corrected chi connectivity index (χ1v) is 10.3. The Morgan fingerprint density at radius 3 is 2.28 bits per heavy atom. The van der Waals surface area contributed by atoms with Gasteiger partial charge in [-0.15, -0.1) is 0 Å². The Bertz CT molecular complexity index is 996. The number of azo groups is 1. The van der Waals surface area contributed by atoms with E-state index in [1.54, 1.807) is 31.2 Å². The summed E-state index contributed by atoms with van der Waals surface area (Å²) in [6, 6.07) is 6.56. The molecule has 1 unspecified atom stereocenters. The molecule has 0 aliphatic rings. The maximum atomic E-state index is 12.9. The van der Waals surface area contributed by atoms with Crippen molar-refractivity contribution in [2.24, 2.45) is 10.2 Å². The smallest absolute Gasteiger partial charge is 0.258 e. The number of methoxy groups -OCH3 is 2. The fourth-order valence-electron chi connectivity index (χ4n) is 2.75. The summed E-state index contributed by atoms with van der Waals surface area (Å²) in [5.41, 5.74) is 0.651. The van der Waals surface area contributed by atoms with Gasteiger partial charge in [0.15, 0.2) is 28.8 Å². The summed E-state index contributed by atoms with van der Waals surface area (Å²) >= 11 is 6.16. The average molecular weight is 464 g/mol. The number of Topliss-reactive ketones (excluding diaryl/α,β-unsaturated/α-hetero) is 1. The van der Waals surface area contributed by atoms with E-state index in [-0.39, 0.29) is 5.69 Å². The first-order valence-electron chi connectivity index (χ1n) is 9.87. The molecule has 9 nitrogen and oxygen atoms in total. The van der Waals surface area contributed by atoms with Gasteiger partial charge in [-0.1, -0.05) is 11.6 Å². The number of hydrogen-bond acceptors (Lipinski definition) is 8. The van der Waals surface area contributed by atoms with Crippen molar-refractivity contribution in [1.82, 2.24) is 0 Å². The average Bonchev–Trinajstić information content (AvgIpc) is 2.75. The summed E-state index contributed by atoms with van der Waals surface area (Å²) < 4.78 is 21.6. The number of ketones is 1. The Hall–Kier alpha value is -3.33. The molecule has 1 atom stereocenters. The maximum absolute atomic E-state index is 12.9. The molecule has 172 valence electrons. The quantitative estimate of drug-likeness (QED) is 0.377. The van der Waals surface area contributed by atoms with E-state index in [2.05, 4.69) is 15.5 Å². The predicted molar refractivity (Wildman–Crippen MR) is 121 cm³/mol. The van der Waals surface area contributed by atoms with Crippen LogP contribution in [-0.4, -0.2) is 45.2 Å². The summed E-state index contributed by atoms with van der Waals surface area (Å²) in [5, 5.41) is 10.9. The second-order valence-electron chi connectivity index (χ2n) is 6.40. The number of ether oxygens (including phenoxy) is 4. The number of rotatable bonds is 11. The Morgan fingerprint density at radius 2 is 1.69 bits per heavy atom. The Labute approximate surface area is 191 Å². The van der Waals surface area contributed by atoms with Gasteiger partial charge in [0.25, 0.3) is 5.91 Å². The molecular formula is C22H26ClN3O6. The van der Waals surface area contributed by atoms with Crippen LogP contribution in [0.3, 0.4) is 0 Å². The fraction of sp³-hybridized carbons (Fsp3) is 0.364. The molecule has 0 heterocycles. The summed E-state index contributed by atoms with van der Waals surface area (Å²) in [7, 11) is 3.00. The lowest BCUT2D eigenvalue weighted by molar-refractivity contribution is -0.126. The number of carbonyl (C=O) groups excluding carboxylic acids is 2. The summed E-state index contributed by atoms with van der Waals surface area (Å²) in [6.45, 7) is 5.58. The highest BCUT2D eigenvalue weighted by atomic mass is 35.5. The van der Waals surface area contributed by atoms with Gasteiger partial charge in [-0.05, 0) is 39.0 Å². The zero-order chi connectivity index (χ0) is 23.7. The molecule has 0 saturated heterocycles. The van der Waals surface area contributed by atoms with Crippen LogP contribution < -0.4 is 24.3 Å². The number of nitrogens with zero attached hydrogens (tertiary/aromatic N) is 2. The number of anilines is 1. The third kappa shape index (κ3) is 6.34. The molecule has 0 aliphatic heterocycles. The van der Waals surface area contributed by atoms with Crippen LogP contribution in [0.4, 0.5) is 11.4 Å². The molecule has 0 bridgehead atoms. The fourth-order valence-corrected chi connectivity index (χ4v) is 2.96. The van der Waals surface area contributed by atoms with Crippen molar-refractivity contribution >= 4 is 34.7 Å². The van der Waals surface area contributed by atoms with E-state index in [4.69, 9.17) is 30.5 Å². The Morgan fingerprint density at radius 1 is 1.00 bits per heavy atom. The molecule has 32 heavy (non-hydrogen) atoms. The third-order valence-electron chi connectivity index (χ3n) is 4.16. The molecule has 0 aliphatic carbocycles. The van der Waals surface area contributed by atoms with E-state index in [0.717, 1.165) is 0 Å². The maximum Gasteiger partial charge on any atom is 0.258 e. The molecule has 0 fully saturated rings. The van der Waals surface area contributed by atoms with Crippen molar-refractivity contribution in [2.75, 3.05) is 32.8 Å². The van der Waals surface area contributed by atoms with Crippen molar-refractivity contribution in [1.29, 1.82) is 0 Å². The largest absolute Gasteiger partial charge is 0.493 e. The second kappa shape index (κ2) is 11.9. The SMILES string of the molecule is CCOc1cc(Cl)cc(NC(=O)C(N=Nc2ccc(OC)c(OC)c2)C(C)=O)c1OCC. The van der Waals surface area contributed by atoms with Gasteiger partial charge in [0, 0.05) is 17.2 Å². The number of nitrogens with one attached hydrogen (secondary N) is 1. The standard InChI is InChI=1S/C22H26ClN3O6/c1-6-31-19-11-14(23)10-16(21(19)32-7-2)24-22(28)20(13(3)27)26-25-15-8-9-17(29-4)18(12-15)30-5/h8-12,20H,6-7H2,1-5H3,(H,24,28). The summed E-state index contributed by atoms with van der Waals surface area (Å²) in [4.78, 5) is 25.0. The van der Waals surface area contributed by atoms with Crippen LogP contribution in [0.1, 0.15) is 20.8 Å². The molecule has 0 spiro atoms. The van der Waals surface area contributed by atoms with E-state index < -0.39 is 17.7 Å². The van der Waals surface area contributed by atoms with Crippen LogP contribution in [0.5, 0.6) is 23.0 Å². The van der Waals surface area contributed by atoms with E-state index in [0.29, 0.717) is 46.9 Å². The number of carbonyl (C=O) groups is 2. The molecule has 2 aromatic rings.